The zero-order valence-corrected chi connectivity index (χ0v) is 13.6. The van der Waals surface area contributed by atoms with Gasteiger partial charge >= 0.3 is 0 Å². The summed E-state index contributed by atoms with van der Waals surface area (Å²) in [5.41, 5.74) is 5.73. The number of nitrogens with one attached hydrogen (secondary N) is 1. The van der Waals surface area contributed by atoms with Gasteiger partial charge in [-0.1, -0.05) is 32.1 Å². The monoisotopic (exact) mass is 353 g/mol. The second-order valence-corrected chi connectivity index (χ2v) is 5.21. The van der Waals surface area contributed by atoms with E-state index in [1.165, 1.54) is 44.9 Å². The smallest absolute Gasteiger partial charge is 0.188 e. The van der Waals surface area contributed by atoms with Crippen molar-refractivity contribution in [3.63, 3.8) is 0 Å². The zero-order chi connectivity index (χ0) is 11.8. The van der Waals surface area contributed by atoms with Crippen LogP contribution >= 0.6 is 24.0 Å². The van der Waals surface area contributed by atoms with Crippen molar-refractivity contribution < 1.29 is 0 Å². The summed E-state index contributed by atoms with van der Waals surface area (Å²) >= 11 is 0. The lowest BCUT2D eigenvalue weighted by Gasteiger charge is -2.20. The summed E-state index contributed by atoms with van der Waals surface area (Å²) in [6, 6.07) is 0.377. The number of nitrogens with two attached hydrogens (primary N) is 1. The van der Waals surface area contributed by atoms with E-state index in [1.54, 1.807) is 0 Å². The summed E-state index contributed by atoms with van der Waals surface area (Å²) in [6.07, 6.45) is 9.70. The van der Waals surface area contributed by atoms with Crippen molar-refractivity contribution in [3.05, 3.63) is 0 Å². The van der Waals surface area contributed by atoms with Crippen LogP contribution in [0.2, 0.25) is 0 Å². The van der Waals surface area contributed by atoms with E-state index in [2.05, 4.69) is 24.2 Å². The van der Waals surface area contributed by atoms with Gasteiger partial charge in [0, 0.05) is 12.6 Å². The van der Waals surface area contributed by atoms with Crippen LogP contribution in [-0.4, -0.2) is 18.5 Å². The molecule has 4 heteroatoms. The molecule has 0 amide bonds. The molecular formula is C13H28IN3. The molecular weight excluding hydrogens is 325 g/mol. The highest BCUT2D eigenvalue weighted by atomic mass is 127. The fourth-order valence-corrected chi connectivity index (χ4v) is 2.40. The lowest BCUT2D eigenvalue weighted by Crippen LogP contribution is -2.36. The Balaban J connectivity index is 0.00000256. The first-order valence-corrected chi connectivity index (χ1v) is 6.75. The van der Waals surface area contributed by atoms with Gasteiger partial charge in [-0.25, -0.2) is 0 Å². The predicted octanol–water partition coefficient (Wildman–Crippen LogP) is 3.28. The number of aliphatic imine (C=N–C) groups is 1. The first kappa shape index (κ1) is 17.0. The normalized spacial score (nSPS) is 17.9. The Morgan fingerprint density at radius 2 is 1.94 bits per heavy atom. The maximum atomic E-state index is 5.73. The van der Waals surface area contributed by atoms with Gasteiger partial charge in [0.1, 0.15) is 0 Å². The summed E-state index contributed by atoms with van der Waals surface area (Å²) in [5.74, 6) is 1.56. The van der Waals surface area contributed by atoms with Crippen LogP contribution in [0.4, 0.5) is 0 Å². The van der Waals surface area contributed by atoms with Crippen LogP contribution in [0.25, 0.3) is 0 Å². The van der Waals surface area contributed by atoms with Crippen molar-refractivity contribution in [1.82, 2.24) is 5.32 Å². The molecule has 0 aliphatic heterocycles. The van der Waals surface area contributed by atoms with Crippen molar-refractivity contribution >= 4 is 29.9 Å². The molecule has 0 radical (unpaired) electrons. The highest BCUT2D eigenvalue weighted by molar-refractivity contribution is 14.0. The average Bonchev–Trinajstić information content (AvgIpc) is 2.25. The zero-order valence-electron chi connectivity index (χ0n) is 11.2. The van der Waals surface area contributed by atoms with E-state index in [4.69, 9.17) is 5.73 Å². The Bertz CT molecular complexity index is 211. The molecule has 0 heterocycles. The average molecular weight is 353 g/mol. The highest BCUT2D eigenvalue weighted by Gasteiger charge is 2.12. The maximum absolute atomic E-state index is 5.73. The third kappa shape index (κ3) is 8.69. The highest BCUT2D eigenvalue weighted by Crippen LogP contribution is 2.27. The van der Waals surface area contributed by atoms with E-state index in [0.717, 1.165) is 12.5 Å². The van der Waals surface area contributed by atoms with Gasteiger partial charge in [0.05, 0.1) is 0 Å². The molecule has 1 saturated carbocycles. The minimum atomic E-state index is 0. The summed E-state index contributed by atoms with van der Waals surface area (Å²) in [5, 5.41) is 3.11. The molecule has 0 spiro atoms. The van der Waals surface area contributed by atoms with E-state index in [1.807, 2.05) is 0 Å². The van der Waals surface area contributed by atoms with Crippen LogP contribution in [0, 0.1) is 5.92 Å². The van der Waals surface area contributed by atoms with E-state index >= 15 is 0 Å². The second kappa shape index (κ2) is 9.97. The van der Waals surface area contributed by atoms with Crippen molar-refractivity contribution in [3.8, 4) is 0 Å². The Morgan fingerprint density at radius 3 is 2.53 bits per heavy atom. The second-order valence-electron chi connectivity index (χ2n) is 5.21. The summed E-state index contributed by atoms with van der Waals surface area (Å²) in [6.45, 7) is 5.02. The van der Waals surface area contributed by atoms with Crippen molar-refractivity contribution in [2.45, 2.75) is 64.8 Å². The largest absolute Gasteiger partial charge is 0.370 e. The van der Waals surface area contributed by atoms with E-state index in [9.17, 15) is 0 Å². The summed E-state index contributed by atoms with van der Waals surface area (Å²) in [7, 11) is 0. The summed E-state index contributed by atoms with van der Waals surface area (Å²) < 4.78 is 0. The standard InChI is InChI=1S/C13H27N3.HI/c1-11(2)16-13(14)15-10-6-9-12-7-4-3-5-8-12;/h11-12H,3-10H2,1-2H3,(H3,14,15,16);1H. The van der Waals surface area contributed by atoms with Gasteiger partial charge in [-0.3, -0.25) is 4.99 Å². The first-order valence-electron chi connectivity index (χ1n) is 6.75. The quantitative estimate of drug-likeness (QED) is 0.345. The first-order chi connectivity index (χ1) is 7.68. The van der Waals surface area contributed by atoms with Gasteiger partial charge in [0.2, 0.25) is 0 Å². The molecule has 1 rings (SSSR count). The van der Waals surface area contributed by atoms with Crippen LogP contribution in [0.5, 0.6) is 0 Å². The van der Waals surface area contributed by atoms with Crippen molar-refractivity contribution in [1.29, 1.82) is 0 Å². The molecule has 0 bridgehead atoms. The topological polar surface area (TPSA) is 50.4 Å². The summed E-state index contributed by atoms with van der Waals surface area (Å²) in [4.78, 5) is 4.33. The lowest BCUT2D eigenvalue weighted by molar-refractivity contribution is 0.334. The number of guanidine groups is 1. The number of halogens is 1. The molecule has 0 aromatic heterocycles. The molecule has 0 aromatic carbocycles. The van der Waals surface area contributed by atoms with E-state index < -0.39 is 0 Å². The van der Waals surface area contributed by atoms with Gasteiger partial charge < -0.3 is 11.1 Å². The number of hydrogen-bond acceptors (Lipinski definition) is 1. The molecule has 0 saturated heterocycles. The Labute approximate surface area is 123 Å². The van der Waals surface area contributed by atoms with Gasteiger partial charge in [-0.05, 0) is 32.6 Å². The number of rotatable bonds is 5. The molecule has 0 aromatic rings. The Kier molecular flexibility index (Phi) is 9.97. The molecule has 3 nitrogen and oxygen atoms in total. The molecule has 3 N–H and O–H groups in total. The lowest BCUT2D eigenvalue weighted by atomic mass is 9.86. The number of nitrogens with zero attached hydrogens (tertiary/aromatic N) is 1. The van der Waals surface area contributed by atoms with Crippen LogP contribution in [0.3, 0.4) is 0 Å². The van der Waals surface area contributed by atoms with E-state index in [-0.39, 0.29) is 24.0 Å². The Hall–Kier alpha value is 0. The molecule has 0 unspecified atom stereocenters. The van der Waals surface area contributed by atoms with Crippen LogP contribution < -0.4 is 11.1 Å². The van der Waals surface area contributed by atoms with Gasteiger partial charge in [-0.15, -0.1) is 24.0 Å². The number of hydrogen-bond donors (Lipinski definition) is 2. The van der Waals surface area contributed by atoms with Crippen molar-refractivity contribution in [2.75, 3.05) is 6.54 Å². The molecule has 102 valence electrons. The van der Waals surface area contributed by atoms with Gasteiger partial charge in [0.25, 0.3) is 0 Å². The fraction of sp³-hybridized carbons (Fsp3) is 0.923. The minimum Gasteiger partial charge on any atom is -0.370 e. The Morgan fingerprint density at radius 1 is 1.29 bits per heavy atom. The maximum Gasteiger partial charge on any atom is 0.188 e. The molecule has 1 aliphatic carbocycles. The molecule has 0 atom stereocenters. The predicted molar refractivity (Wildman–Crippen MR) is 86.0 cm³/mol. The molecule has 1 aliphatic rings. The van der Waals surface area contributed by atoms with Crippen LogP contribution in [0.1, 0.15) is 58.8 Å². The molecule has 1 fully saturated rings. The fourth-order valence-electron chi connectivity index (χ4n) is 2.40. The minimum absolute atomic E-state index is 0. The van der Waals surface area contributed by atoms with E-state index in [0.29, 0.717) is 12.0 Å². The van der Waals surface area contributed by atoms with Crippen molar-refractivity contribution in [2.24, 2.45) is 16.6 Å². The van der Waals surface area contributed by atoms with Crippen LogP contribution in [-0.2, 0) is 0 Å². The van der Waals surface area contributed by atoms with Crippen LogP contribution in [0.15, 0.2) is 4.99 Å². The third-order valence-corrected chi connectivity index (χ3v) is 3.21. The van der Waals surface area contributed by atoms with Gasteiger partial charge in [0.15, 0.2) is 5.96 Å². The van der Waals surface area contributed by atoms with Gasteiger partial charge in [-0.2, -0.15) is 0 Å². The SMILES string of the molecule is CC(C)NC(N)=NCCCC1CCCCC1.I. The third-order valence-electron chi connectivity index (χ3n) is 3.21. The molecule has 17 heavy (non-hydrogen) atoms.